The van der Waals surface area contributed by atoms with Crippen molar-refractivity contribution in [3.05, 3.63) is 71.9 Å². The van der Waals surface area contributed by atoms with Gasteiger partial charge in [-0.15, -0.1) is 0 Å². The number of fused-ring (bicyclic) bond motifs is 6. The molecule has 0 saturated carbocycles. The molecule has 5 rings (SSSR count). The van der Waals surface area contributed by atoms with Gasteiger partial charge in [-0.05, 0) is 54.3 Å². The molecule has 0 amide bonds. The number of nitrogens with zero attached hydrogens (tertiary/aromatic N) is 2. The van der Waals surface area contributed by atoms with E-state index in [2.05, 4.69) is 53.5 Å². The predicted octanol–water partition coefficient (Wildman–Crippen LogP) is 5.33. The Bertz CT molecular complexity index is 1070. The van der Waals surface area contributed by atoms with Crippen molar-refractivity contribution < 1.29 is 0 Å². The van der Waals surface area contributed by atoms with Gasteiger partial charge in [0.25, 0.3) is 0 Å². The van der Waals surface area contributed by atoms with Crippen LogP contribution in [0.15, 0.2) is 60.8 Å². The molecule has 1 aliphatic carbocycles. The zero-order valence-electron chi connectivity index (χ0n) is 13.5. The average molecular weight is 310 g/mol. The summed E-state index contributed by atoms with van der Waals surface area (Å²) in [6.45, 7) is 0. The van der Waals surface area contributed by atoms with Crippen LogP contribution in [0.1, 0.15) is 24.0 Å². The van der Waals surface area contributed by atoms with Gasteiger partial charge >= 0.3 is 0 Å². The largest absolute Gasteiger partial charge is 0.254 e. The second-order valence-electron chi connectivity index (χ2n) is 6.57. The normalized spacial score (nSPS) is 14.0. The van der Waals surface area contributed by atoms with E-state index >= 15 is 0 Å². The van der Waals surface area contributed by atoms with Gasteiger partial charge < -0.3 is 0 Å². The van der Waals surface area contributed by atoms with Gasteiger partial charge in [0.15, 0.2) is 0 Å². The Balaban J connectivity index is 1.88. The highest BCUT2D eigenvalue weighted by molar-refractivity contribution is 6.06. The summed E-state index contributed by atoms with van der Waals surface area (Å²) in [5.41, 5.74) is 5.89. The second-order valence-corrected chi connectivity index (χ2v) is 6.57. The number of aromatic nitrogens is 2. The monoisotopic (exact) mass is 310 g/mol. The minimum atomic E-state index is 1.07. The summed E-state index contributed by atoms with van der Waals surface area (Å²) in [6.07, 6.45) is 6.49. The second kappa shape index (κ2) is 5.41. The van der Waals surface area contributed by atoms with Crippen LogP contribution < -0.4 is 0 Å². The van der Waals surface area contributed by atoms with Gasteiger partial charge in [-0.2, -0.15) is 0 Å². The molecule has 0 atom stereocenters. The molecule has 24 heavy (non-hydrogen) atoms. The van der Waals surface area contributed by atoms with Crippen molar-refractivity contribution in [2.75, 3.05) is 0 Å². The van der Waals surface area contributed by atoms with Gasteiger partial charge in [-0.3, -0.25) is 4.98 Å². The molecule has 2 nitrogen and oxygen atoms in total. The lowest BCUT2D eigenvalue weighted by atomic mass is 9.93. The topological polar surface area (TPSA) is 25.8 Å². The summed E-state index contributed by atoms with van der Waals surface area (Å²) >= 11 is 0. The van der Waals surface area contributed by atoms with Crippen LogP contribution in [0.25, 0.3) is 33.1 Å². The van der Waals surface area contributed by atoms with Crippen molar-refractivity contribution in [2.45, 2.75) is 25.7 Å². The number of hydrogen-bond donors (Lipinski definition) is 0. The van der Waals surface area contributed by atoms with Crippen LogP contribution in [0.4, 0.5) is 0 Å². The highest BCUT2D eigenvalue weighted by Gasteiger charge is 2.17. The van der Waals surface area contributed by atoms with Crippen LogP contribution >= 0.6 is 0 Å². The highest BCUT2D eigenvalue weighted by atomic mass is 14.8. The summed E-state index contributed by atoms with van der Waals surface area (Å²) in [4.78, 5) is 9.81. The molecule has 0 unspecified atom stereocenters. The predicted molar refractivity (Wildman–Crippen MR) is 99.1 cm³/mol. The number of benzene rings is 2. The Hall–Kier alpha value is -2.74. The third-order valence-corrected chi connectivity index (χ3v) is 5.05. The summed E-state index contributed by atoms with van der Waals surface area (Å²) in [5.74, 6) is 0. The van der Waals surface area contributed by atoms with Gasteiger partial charge in [0.05, 0.1) is 16.9 Å². The third kappa shape index (κ3) is 2.10. The molecule has 0 radical (unpaired) electrons. The Morgan fingerprint density at radius 2 is 1.54 bits per heavy atom. The summed E-state index contributed by atoms with van der Waals surface area (Å²) in [6, 6.07) is 19.4. The van der Waals surface area contributed by atoms with E-state index in [1.807, 2.05) is 12.3 Å². The molecule has 2 heteroatoms. The highest BCUT2D eigenvalue weighted by Crippen LogP contribution is 2.33. The fraction of sp³-hybridized carbons (Fsp3) is 0.182. The molecule has 2 aromatic heterocycles. The van der Waals surface area contributed by atoms with Gasteiger partial charge in [0, 0.05) is 17.0 Å². The van der Waals surface area contributed by atoms with E-state index in [0.29, 0.717) is 0 Å². The maximum atomic E-state index is 5.12. The number of pyridine rings is 2. The first kappa shape index (κ1) is 13.7. The van der Waals surface area contributed by atoms with Crippen molar-refractivity contribution in [3.8, 4) is 11.4 Å². The molecule has 116 valence electrons. The van der Waals surface area contributed by atoms with Crippen LogP contribution in [0, 0.1) is 0 Å². The van der Waals surface area contributed by atoms with Gasteiger partial charge in [-0.1, -0.05) is 42.5 Å². The molecule has 0 N–H and O–H groups in total. The first-order valence-corrected chi connectivity index (χ1v) is 8.66. The van der Waals surface area contributed by atoms with E-state index in [-0.39, 0.29) is 0 Å². The lowest BCUT2D eigenvalue weighted by Gasteiger charge is -2.17. The molecule has 1 aliphatic rings. The van der Waals surface area contributed by atoms with Crippen molar-refractivity contribution in [2.24, 2.45) is 0 Å². The quantitative estimate of drug-likeness (QED) is 0.410. The molecular weight excluding hydrogens is 292 g/mol. The molecular formula is C22H18N2. The van der Waals surface area contributed by atoms with E-state index in [9.17, 15) is 0 Å². The molecule has 0 bridgehead atoms. The average Bonchev–Trinajstić information content (AvgIpc) is 2.63. The molecule has 0 spiro atoms. The van der Waals surface area contributed by atoms with Crippen LogP contribution in [0.3, 0.4) is 0 Å². The minimum absolute atomic E-state index is 1.07. The number of aryl methyl sites for hydroxylation is 2. The molecule has 2 aromatic carbocycles. The van der Waals surface area contributed by atoms with Crippen LogP contribution in [-0.4, -0.2) is 9.97 Å². The van der Waals surface area contributed by atoms with E-state index in [0.717, 1.165) is 29.7 Å². The van der Waals surface area contributed by atoms with E-state index in [4.69, 9.17) is 4.98 Å². The van der Waals surface area contributed by atoms with E-state index in [1.54, 1.807) is 0 Å². The van der Waals surface area contributed by atoms with Crippen LogP contribution in [0.5, 0.6) is 0 Å². The van der Waals surface area contributed by atoms with Crippen molar-refractivity contribution in [1.82, 2.24) is 9.97 Å². The first-order valence-electron chi connectivity index (χ1n) is 8.66. The third-order valence-electron chi connectivity index (χ3n) is 5.05. The zero-order chi connectivity index (χ0) is 15.9. The fourth-order valence-corrected chi connectivity index (χ4v) is 3.83. The van der Waals surface area contributed by atoms with Crippen molar-refractivity contribution in [1.29, 1.82) is 0 Å². The lowest BCUT2D eigenvalue weighted by Crippen LogP contribution is -2.04. The van der Waals surface area contributed by atoms with Crippen molar-refractivity contribution >= 4 is 21.7 Å². The minimum Gasteiger partial charge on any atom is -0.254 e. The van der Waals surface area contributed by atoms with Crippen LogP contribution in [0.2, 0.25) is 0 Å². The molecule has 0 aliphatic heterocycles. The fourth-order valence-electron chi connectivity index (χ4n) is 3.83. The molecule has 0 fully saturated rings. The zero-order valence-corrected chi connectivity index (χ0v) is 13.5. The maximum Gasteiger partial charge on any atom is 0.0928 e. The number of rotatable bonds is 0. The Morgan fingerprint density at radius 1 is 0.708 bits per heavy atom. The molecule has 4 aromatic rings. The SMILES string of the molecule is c1cnc2c(c1)CCCCc1cc3ccc4ccccc4c3nc1-2. The summed E-state index contributed by atoms with van der Waals surface area (Å²) in [7, 11) is 0. The summed E-state index contributed by atoms with van der Waals surface area (Å²) < 4.78 is 0. The smallest absolute Gasteiger partial charge is 0.0928 e. The summed E-state index contributed by atoms with van der Waals surface area (Å²) in [5, 5.41) is 3.69. The van der Waals surface area contributed by atoms with Crippen molar-refractivity contribution in [3.63, 3.8) is 0 Å². The number of hydrogen-bond acceptors (Lipinski definition) is 2. The molecule has 0 saturated heterocycles. The van der Waals surface area contributed by atoms with Gasteiger partial charge in [-0.25, -0.2) is 4.98 Å². The lowest BCUT2D eigenvalue weighted by molar-refractivity contribution is 0.725. The first-order chi connectivity index (χ1) is 11.9. The Kier molecular flexibility index (Phi) is 3.08. The van der Waals surface area contributed by atoms with E-state index in [1.165, 1.54) is 40.1 Å². The van der Waals surface area contributed by atoms with Crippen LogP contribution in [-0.2, 0) is 12.8 Å². The van der Waals surface area contributed by atoms with Gasteiger partial charge in [0.1, 0.15) is 0 Å². The standard InChI is InChI=1S/C22H18N2/c1-2-8-17-14-18-12-11-15-6-3-4-10-19(15)20(18)24-22(17)21-16(7-1)9-5-13-23-21/h3-6,9-14H,1-2,7-8H2. The maximum absolute atomic E-state index is 5.12. The Morgan fingerprint density at radius 3 is 2.50 bits per heavy atom. The van der Waals surface area contributed by atoms with Gasteiger partial charge in [0.2, 0.25) is 0 Å². The van der Waals surface area contributed by atoms with E-state index < -0.39 is 0 Å². The Labute approximate surface area is 141 Å². The molecule has 2 heterocycles.